The van der Waals surface area contributed by atoms with Gasteiger partial charge in [0.1, 0.15) is 11.9 Å². The van der Waals surface area contributed by atoms with Crippen molar-refractivity contribution in [1.82, 2.24) is 4.31 Å². The number of halogens is 1. The highest BCUT2D eigenvalue weighted by atomic mass is 32.2. The van der Waals surface area contributed by atoms with Crippen LogP contribution in [0.15, 0.2) is 95.9 Å². The third-order valence-corrected chi connectivity index (χ3v) is 8.54. The lowest BCUT2D eigenvalue weighted by Gasteiger charge is -2.27. The molecule has 0 N–H and O–H groups in total. The smallest absolute Gasteiger partial charge is 0.338 e. The van der Waals surface area contributed by atoms with Crippen molar-refractivity contribution in [3.63, 3.8) is 0 Å². The van der Waals surface area contributed by atoms with Crippen LogP contribution in [0.1, 0.15) is 29.3 Å². The first-order valence-corrected chi connectivity index (χ1v) is 14.0. The summed E-state index contributed by atoms with van der Waals surface area (Å²) < 4.78 is 47.6. The Morgan fingerprint density at radius 2 is 1.62 bits per heavy atom. The molecule has 2 amide bonds. The molecule has 40 heavy (non-hydrogen) atoms. The highest BCUT2D eigenvalue weighted by molar-refractivity contribution is 7.89. The van der Waals surface area contributed by atoms with Gasteiger partial charge in [0.2, 0.25) is 15.9 Å². The van der Waals surface area contributed by atoms with Crippen molar-refractivity contribution in [2.75, 3.05) is 11.5 Å². The number of carbonyl (C=O) groups is 3. The van der Waals surface area contributed by atoms with Crippen LogP contribution < -0.4 is 4.90 Å². The van der Waals surface area contributed by atoms with Crippen LogP contribution in [-0.4, -0.2) is 43.2 Å². The molecule has 204 valence electrons. The maximum absolute atomic E-state index is 14.0. The Morgan fingerprint density at radius 1 is 0.950 bits per heavy atom. The van der Waals surface area contributed by atoms with Gasteiger partial charge in [-0.1, -0.05) is 42.5 Å². The van der Waals surface area contributed by atoms with E-state index in [1.54, 1.807) is 25.1 Å². The average Bonchev–Trinajstić information content (AvgIpc) is 3.25. The minimum atomic E-state index is -4.29. The minimum Gasteiger partial charge on any atom is -0.462 e. The summed E-state index contributed by atoms with van der Waals surface area (Å²) in [4.78, 5) is 39.6. The van der Waals surface area contributed by atoms with Gasteiger partial charge >= 0.3 is 5.97 Å². The SMILES string of the molecule is CCOC(=O)c1ccc(N2C(=O)CC(N(Cc3ccc(F)cc3)S(=O)(=O)c3ccc4ccccc4c3)C2=O)cc1. The third-order valence-electron chi connectivity index (χ3n) is 6.69. The zero-order valence-corrected chi connectivity index (χ0v) is 22.3. The molecule has 1 heterocycles. The van der Waals surface area contributed by atoms with Crippen molar-refractivity contribution in [2.24, 2.45) is 0 Å². The van der Waals surface area contributed by atoms with Crippen molar-refractivity contribution in [3.8, 4) is 0 Å². The van der Waals surface area contributed by atoms with Gasteiger partial charge in [0.05, 0.1) is 29.2 Å². The monoisotopic (exact) mass is 560 g/mol. The van der Waals surface area contributed by atoms with Gasteiger partial charge in [0.25, 0.3) is 5.91 Å². The molecule has 0 bridgehead atoms. The van der Waals surface area contributed by atoms with Crippen molar-refractivity contribution >= 4 is 44.3 Å². The summed E-state index contributed by atoms with van der Waals surface area (Å²) in [7, 11) is -4.29. The molecule has 0 aliphatic carbocycles. The lowest BCUT2D eigenvalue weighted by Crippen LogP contribution is -2.45. The quantitative estimate of drug-likeness (QED) is 0.229. The van der Waals surface area contributed by atoms with Crippen molar-refractivity contribution < 1.29 is 31.9 Å². The van der Waals surface area contributed by atoms with E-state index in [-0.39, 0.29) is 35.7 Å². The summed E-state index contributed by atoms with van der Waals surface area (Å²) in [6.07, 6.45) is -0.382. The number of fused-ring (bicyclic) bond motifs is 1. The van der Waals surface area contributed by atoms with E-state index < -0.39 is 39.7 Å². The van der Waals surface area contributed by atoms with E-state index in [9.17, 15) is 27.2 Å². The topological polar surface area (TPSA) is 101 Å². The number of imide groups is 1. The van der Waals surface area contributed by atoms with E-state index in [0.29, 0.717) is 10.9 Å². The summed E-state index contributed by atoms with van der Waals surface area (Å²) in [5.41, 5.74) is 0.900. The van der Waals surface area contributed by atoms with Gasteiger partial charge < -0.3 is 4.74 Å². The summed E-state index contributed by atoms with van der Waals surface area (Å²) in [5.74, 6) is -2.34. The number of anilines is 1. The largest absolute Gasteiger partial charge is 0.462 e. The lowest BCUT2D eigenvalue weighted by atomic mass is 10.1. The van der Waals surface area contributed by atoms with Crippen LogP contribution in [-0.2, 0) is 30.9 Å². The van der Waals surface area contributed by atoms with Gasteiger partial charge in [-0.15, -0.1) is 0 Å². The molecule has 10 heteroatoms. The third kappa shape index (κ3) is 5.23. The second-order valence-corrected chi connectivity index (χ2v) is 11.1. The summed E-state index contributed by atoms with van der Waals surface area (Å²) in [6.45, 7) is 1.62. The maximum Gasteiger partial charge on any atom is 0.338 e. The molecule has 1 saturated heterocycles. The van der Waals surface area contributed by atoms with Gasteiger partial charge in [-0.3, -0.25) is 9.59 Å². The number of rotatable bonds is 8. The van der Waals surface area contributed by atoms with E-state index >= 15 is 0 Å². The van der Waals surface area contributed by atoms with Crippen molar-refractivity contribution in [1.29, 1.82) is 0 Å². The second-order valence-electron chi connectivity index (χ2n) is 9.24. The Morgan fingerprint density at radius 3 is 2.30 bits per heavy atom. The first-order chi connectivity index (χ1) is 19.2. The van der Waals surface area contributed by atoms with Gasteiger partial charge in [-0.05, 0) is 71.8 Å². The van der Waals surface area contributed by atoms with Crippen LogP contribution in [0.4, 0.5) is 10.1 Å². The van der Waals surface area contributed by atoms with Crippen LogP contribution >= 0.6 is 0 Å². The fraction of sp³-hybridized carbons (Fsp3) is 0.167. The molecule has 8 nitrogen and oxygen atoms in total. The number of hydrogen-bond acceptors (Lipinski definition) is 6. The first kappa shape index (κ1) is 27.2. The number of nitrogens with zero attached hydrogens (tertiary/aromatic N) is 2. The Labute approximate surface area is 230 Å². The van der Waals surface area contributed by atoms with E-state index in [1.807, 2.05) is 12.1 Å². The Kier molecular flexibility index (Phi) is 7.46. The fourth-order valence-corrected chi connectivity index (χ4v) is 6.27. The number of esters is 1. The molecular formula is C30H25FN2O6S. The number of benzene rings is 4. The Balaban J connectivity index is 1.52. The number of ether oxygens (including phenoxy) is 1. The number of sulfonamides is 1. The van der Waals surface area contributed by atoms with Crippen molar-refractivity contribution in [3.05, 3.63) is 108 Å². The van der Waals surface area contributed by atoms with E-state index in [2.05, 4.69) is 0 Å². The molecule has 1 atom stereocenters. The molecule has 1 aliphatic heterocycles. The molecule has 0 saturated carbocycles. The molecule has 4 aromatic carbocycles. The van der Waals surface area contributed by atoms with Gasteiger partial charge in [0.15, 0.2) is 0 Å². The van der Waals surface area contributed by atoms with Crippen molar-refractivity contribution in [2.45, 2.75) is 30.8 Å². The standard InChI is InChI=1S/C30H25FN2O6S/c1-2-39-30(36)22-9-14-25(15-10-22)33-28(34)18-27(29(33)35)32(19-20-7-12-24(31)13-8-20)40(37,38)26-16-11-21-5-3-4-6-23(21)17-26/h3-17,27H,2,18-19H2,1H3. The highest BCUT2D eigenvalue weighted by Gasteiger charge is 2.47. The highest BCUT2D eigenvalue weighted by Crippen LogP contribution is 2.32. The lowest BCUT2D eigenvalue weighted by molar-refractivity contribution is -0.122. The van der Waals surface area contributed by atoms with E-state index in [4.69, 9.17) is 4.74 Å². The van der Waals surface area contributed by atoms with Gasteiger partial charge in [-0.25, -0.2) is 22.5 Å². The second kappa shape index (κ2) is 11.0. The van der Waals surface area contributed by atoms with E-state index in [1.165, 1.54) is 60.7 Å². The molecular weight excluding hydrogens is 535 g/mol. The minimum absolute atomic E-state index is 0.0363. The molecule has 1 aliphatic rings. The summed E-state index contributed by atoms with van der Waals surface area (Å²) in [6, 6.07) is 21.6. The molecule has 5 rings (SSSR count). The molecule has 0 radical (unpaired) electrons. The normalized spacial score (nSPS) is 15.7. The zero-order chi connectivity index (χ0) is 28.4. The van der Waals surface area contributed by atoms with Crippen LogP contribution in [0.5, 0.6) is 0 Å². The van der Waals surface area contributed by atoms with Crippen LogP contribution in [0.3, 0.4) is 0 Å². The summed E-state index contributed by atoms with van der Waals surface area (Å²) >= 11 is 0. The number of hydrogen-bond donors (Lipinski definition) is 0. The fourth-order valence-electron chi connectivity index (χ4n) is 4.67. The van der Waals surface area contributed by atoms with Crippen LogP contribution in [0.2, 0.25) is 0 Å². The Hall–Kier alpha value is -4.41. The first-order valence-electron chi connectivity index (χ1n) is 12.6. The number of carbonyl (C=O) groups excluding carboxylic acids is 3. The zero-order valence-electron chi connectivity index (χ0n) is 21.5. The molecule has 1 fully saturated rings. The van der Waals surface area contributed by atoms with Crippen LogP contribution in [0.25, 0.3) is 10.8 Å². The van der Waals surface area contributed by atoms with Crippen LogP contribution in [0, 0.1) is 5.82 Å². The predicted molar refractivity (Wildman–Crippen MR) is 146 cm³/mol. The van der Waals surface area contributed by atoms with Gasteiger partial charge in [0, 0.05) is 6.54 Å². The van der Waals surface area contributed by atoms with E-state index in [0.717, 1.165) is 14.6 Å². The Bertz CT molecular complexity index is 1700. The number of amides is 2. The molecule has 1 unspecified atom stereocenters. The maximum atomic E-state index is 14.0. The average molecular weight is 561 g/mol. The summed E-state index contributed by atoms with van der Waals surface area (Å²) in [5, 5.41) is 1.54. The predicted octanol–water partition coefficient (Wildman–Crippen LogP) is 4.68. The molecule has 0 spiro atoms. The molecule has 4 aromatic rings. The molecule has 0 aromatic heterocycles. The van der Waals surface area contributed by atoms with Gasteiger partial charge in [-0.2, -0.15) is 4.31 Å².